The number of phenols is 1. The second kappa shape index (κ2) is 4.57. The Labute approximate surface area is 111 Å². The predicted octanol–water partition coefficient (Wildman–Crippen LogP) is 1.68. The van der Waals surface area contributed by atoms with Gasteiger partial charge in [0.1, 0.15) is 5.75 Å². The first kappa shape index (κ1) is 13.9. The Hall–Kier alpha value is -1.48. The van der Waals surface area contributed by atoms with E-state index in [2.05, 4.69) is 0 Å². The molecule has 0 spiro atoms. The highest BCUT2D eigenvalue weighted by atomic mass is 32.2. The van der Waals surface area contributed by atoms with Gasteiger partial charge in [0, 0.05) is 5.39 Å². The maximum Gasteiger partial charge on any atom is 0.294 e. The minimum absolute atomic E-state index is 0.0584. The molecule has 0 bridgehead atoms. The number of aromatic hydroxyl groups is 1. The average Bonchev–Trinajstić information content (AvgIpc) is 2.26. The fourth-order valence-electron chi connectivity index (χ4n) is 1.90. The van der Waals surface area contributed by atoms with E-state index in [9.17, 15) is 17.7 Å². The third-order valence-corrected chi connectivity index (χ3v) is 4.14. The molecular weight excluding hydrogens is 292 g/mol. The van der Waals surface area contributed by atoms with Crippen LogP contribution in [-0.4, -0.2) is 26.8 Å². The van der Waals surface area contributed by atoms with Crippen LogP contribution in [0.1, 0.15) is 5.56 Å². The molecule has 0 fully saturated rings. The highest BCUT2D eigenvalue weighted by Gasteiger charge is 2.15. The molecule has 102 valence electrons. The molecule has 2 aromatic carbocycles. The van der Waals surface area contributed by atoms with Crippen LogP contribution in [-0.2, 0) is 21.2 Å². The van der Waals surface area contributed by atoms with Gasteiger partial charge in [-0.25, -0.2) is 4.21 Å². The molecule has 3 N–H and O–H groups in total. The van der Waals surface area contributed by atoms with Crippen molar-refractivity contribution in [1.82, 2.24) is 0 Å². The monoisotopic (exact) mass is 302 g/mol. The maximum atomic E-state index is 11.1. The molecule has 0 heterocycles. The molecule has 0 aliphatic carbocycles. The van der Waals surface area contributed by atoms with Gasteiger partial charge in [-0.2, -0.15) is 8.42 Å². The SMILES string of the molecule is Cc1cc(S(=O)(=O)O)cc2cc(S(=O)O)cc(O)c12. The Morgan fingerprint density at radius 1 is 1.16 bits per heavy atom. The summed E-state index contributed by atoms with van der Waals surface area (Å²) < 4.78 is 51.2. The lowest BCUT2D eigenvalue weighted by atomic mass is 10.0. The predicted molar refractivity (Wildman–Crippen MR) is 69.2 cm³/mol. The van der Waals surface area contributed by atoms with Crippen LogP contribution < -0.4 is 0 Å². The molecule has 0 saturated carbocycles. The first-order chi connectivity index (χ1) is 8.70. The lowest BCUT2D eigenvalue weighted by molar-refractivity contribution is 0.478. The number of hydrogen-bond acceptors (Lipinski definition) is 4. The molecule has 0 aliphatic heterocycles. The van der Waals surface area contributed by atoms with Crippen molar-refractivity contribution in [2.45, 2.75) is 16.7 Å². The normalized spacial score (nSPS) is 13.6. The van der Waals surface area contributed by atoms with Crippen molar-refractivity contribution in [3.8, 4) is 5.75 Å². The molecular formula is C11H10O6S2. The summed E-state index contributed by atoms with van der Waals surface area (Å²) in [5, 5.41) is 10.4. The minimum Gasteiger partial charge on any atom is -0.507 e. The van der Waals surface area contributed by atoms with Gasteiger partial charge >= 0.3 is 0 Å². The number of phenolic OH excluding ortho intramolecular Hbond substituents is 1. The number of fused-ring (bicyclic) bond motifs is 1. The Morgan fingerprint density at radius 2 is 1.79 bits per heavy atom. The van der Waals surface area contributed by atoms with Gasteiger partial charge in [-0.3, -0.25) is 4.55 Å². The van der Waals surface area contributed by atoms with Crippen molar-refractivity contribution in [3.63, 3.8) is 0 Å². The largest absolute Gasteiger partial charge is 0.507 e. The molecule has 19 heavy (non-hydrogen) atoms. The zero-order valence-corrected chi connectivity index (χ0v) is 11.3. The van der Waals surface area contributed by atoms with Crippen LogP contribution >= 0.6 is 0 Å². The summed E-state index contributed by atoms with van der Waals surface area (Å²) in [6, 6.07) is 4.77. The highest BCUT2D eigenvalue weighted by molar-refractivity contribution is 7.85. The average molecular weight is 302 g/mol. The first-order valence-corrected chi connectivity index (χ1v) is 7.60. The van der Waals surface area contributed by atoms with Gasteiger partial charge in [0.15, 0.2) is 11.1 Å². The number of hydrogen-bond donors (Lipinski definition) is 3. The van der Waals surface area contributed by atoms with E-state index in [1.807, 2.05) is 0 Å². The molecule has 0 radical (unpaired) electrons. The summed E-state index contributed by atoms with van der Waals surface area (Å²) in [6.45, 7) is 1.56. The van der Waals surface area contributed by atoms with Gasteiger partial charge in [-0.1, -0.05) is 0 Å². The molecule has 6 nitrogen and oxygen atoms in total. The topological polar surface area (TPSA) is 112 Å². The molecule has 0 aromatic heterocycles. The van der Waals surface area contributed by atoms with E-state index >= 15 is 0 Å². The maximum absolute atomic E-state index is 11.1. The molecule has 0 aliphatic rings. The summed E-state index contributed by atoms with van der Waals surface area (Å²) in [5.41, 5.74) is 0.429. The molecule has 8 heteroatoms. The fourth-order valence-corrected chi connectivity index (χ4v) is 2.94. The van der Waals surface area contributed by atoms with Crippen LogP contribution in [0.4, 0.5) is 0 Å². The van der Waals surface area contributed by atoms with Gasteiger partial charge in [-0.15, -0.1) is 0 Å². The fraction of sp³-hybridized carbons (Fsp3) is 0.0909. The van der Waals surface area contributed by atoms with Crippen LogP contribution in [0.5, 0.6) is 5.75 Å². The van der Waals surface area contributed by atoms with Crippen molar-refractivity contribution >= 4 is 32.0 Å². The van der Waals surface area contributed by atoms with Crippen molar-refractivity contribution in [1.29, 1.82) is 0 Å². The molecule has 1 atom stereocenters. The molecule has 2 aromatic rings. The van der Waals surface area contributed by atoms with Gasteiger partial charge < -0.3 is 9.66 Å². The summed E-state index contributed by atoms with van der Waals surface area (Å²) in [4.78, 5) is -0.394. The molecule has 1 unspecified atom stereocenters. The second-order valence-electron chi connectivity index (χ2n) is 4.00. The van der Waals surface area contributed by atoms with Crippen LogP contribution in [0.2, 0.25) is 0 Å². The van der Waals surface area contributed by atoms with E-state index in [4.69, 9.17) is 9.11 Å². The van der Waals surface area contributed by atoms with Gasteiger partial charge in [-0.05, 0) is 42.1 Å². The van der Waals surface area contributed by atoms with Crippen LogP contribution in [0.3, 0.4) is 0 Å². The molecule has 0 amide bonds. The molecule has 0 saturated heterocycles. The number of aryl methyl sites for hydroxylation is 1. The van der Waals surface area contributed by atoms with Gasteiger partial charge in [0.25, 0.3) is 10.1 Å². The lowest BCUT2D eigenvalue weighted by Crippen LogP contribution is -1.99. The molecule has 2 rings (SSSR count). The zero-order chi connectivity index (χ0) is 14.4. The zero-order valence-electron chi connectivity index (χ0n) is 9.69. The van der Waals surface area contributed by atoms with E-state index in [0.29, 0.717) is 10.9 Å². The van der Waals surface area contributed by atoms with E-state index in [-0.39, 0.29) is 20.9 Å². The summed E-state index contributed by atoms with van der Waals surface area (Å²) in [7, 11) is -4.38. The van der Waals surface area contributed by atoms with Crippen LogP contribution in [0, 0.1) is 6.92 Å². The highest BCUT2D eigenvalue weighted by Crippen LogP contribution is 2.32. The standard InChI is InChI=1S/C11H10O6S2/c1-6-2-9(19(15,16)17)4-7-3-8(18(13)14)5-10(12)11(6)7/h2-5,12H,1H3,(H,13,14)(H,15,16,17). The van der Waals surface area contributed by atoms with E-state index < -0.39 is 21.2 Å². The van der Waals surface area contributed by atoms with Crippen LogP contribution in [0.15, 0.2) is 34.1 Å². The summed E-state index contributed by atoms with van der Waals surface area (Å²) >= 11 is -2.30. The smallest absolute Gasteiger partial charge is 0.294 e. The number of benzene rings is 2. The van der Waals surface area contributed by atoms with E-state index in [1.165, 1.54) is 12.1 Å². The Kier molecular flexibility index (Phi) is 3.35. The van der Waals surface area contributed by atoms with Crippen molar-refractivity contribution < 1.29 is 26.8 Å². The third kappa shape index (κ3) is 2.61. The van der Waals surface area contributed by atoms with Crippen molar-refractivity contribution in [3.05, 3.63) is 29.8 Å². The van der Waals surface area contributed by atoms with E-state index in [1.54, 1.807) is 6.92 Å². The van der Waals surface area contributed by atoms with Crippen LogP contribution in [0.25, 0.3) is 10.8 Å². The second-order valence-corrected chi connectivity index (χ2v) is 6.40. The number of rotatable bonds is 2. The van der Waals surface area contributed by atoms with Gasteiger partial charge in [0.2, 0.25) is 0 Å². The van der Waals surface area contributed by atoms with Crippen molar-refractivity contribution in [2.75, 3.05) is 0 Å². The Morgan fingerprint density at radius 3 is 2.32 bits per heavy atom. The van der Waals surface area contributed by atoms with Gasteiger partial charge in [0.05, 0.1) is 9.79 Å². The lowest BCUT2D eigenvalue weighted by Gasteiger charge is -2.08. The summed E-state index contributed by atoms with van der Waals surface area (Å²) in [6.07, 6.45) is 0. The quantitative estimate of drug-likeness (QED) is 0.575. The Balaban J connectivity index is 2.90. The van der Waals surface area contributed by atoms with E-state index in [0.717, 1.165) is 12.1 Å². The Bertz CT molecular complexity index is 794. The third-order valence-electron chi connectivity index (χ3n) is 2.67. The summed E-state index contributed by atoms with van der Waals surface area (Å²) in [5.74, 6) is -0.228. The minimum atomic E-state index is -4.38. The van der Waals surface area contributed by atoms with Crippen molar-refractivity contribution in [2.24, 2.45) is 0 Å². The first-order valence-electron chi connectivity index (χ1n) is 5.06.